The molecule has 0 saturated heterocycles. The molecule has 0 aliphatic carbocycles. The molecule has 1 unspecified atom stereocenters. The Morgan fingerprint density at radius 2 is 1.90 bits per heavy atom. The van der Waals surface area contributed by atoms with E-state index in [4.69, 9.17) is 5.73 Å². The molecule has 20 heavy (non-hydrogen) atoms. The first kappa shape index (κ1) is 15.1. The number of aryl methyl sites for hydroxylation is 1. The van der Waals surface area contributed by atoms with E-state index in [-0.39, 0.29) is 6.04 Å². The van der Waals surface area contributed by atoms with Crippen molar-refractivity contribution in [2.45, 2.75) is 19.9 Å². The van der Waals surface area contributed by atoms with Crippen molar-refractivity contribution in [2.75, 3.05) is 18.0 Å². The Hall–Kier alpha value is -1.32. The van der Waals surface area contributed by atoms with E-state index >= 15 is 0 Å². The van der Waals surface area contributed by atoms with Gasteiger partial charge in [-0.05, 0) is 49.2 Å². The predicted octanol–water partition coefficient (Wildman–Crippen LogP) is 4.28. The zero-order valence-corrected chi connectivity index (χ0v) is 13.6. The van der Waals surface area contributed by atoms with Gasteiger partial charge in [-0.15, -0.1) is 0 Å². The molecule has 0 fully saturated rings. The number of nitrogens with zero attached hydrogens (tertiary/aromatic N) is 1. The molecule has 2 aromatic rings. The third-order valence-electron chi connectivity index (χ3n) is 3.51. The molecule has 2 N–H and O–H groups in total. The van der Waals surface area contributed by atoms with Crippen LogP contribution in [-0.4, -0.2) is 13.1 Å². The number of halogens is 1. The molecule has 2 rings (SSSR count). The number of likely N-dealkylation sites (N-methyl/N-ethyl adjacent to an activating group) is 1. The van der Waals surface area contributed by atoms with Crippen molar-refractivity contribution < 1.29 is 0 Å². The third kappa shape index (κ3) is 3.41. The molecule has 2 aromatic carbocycles. The summed E-state index contributed by atoms with van der Waals surface area (Å²) in [6.45, 7) is 5.81. The summed E-state index contributed by atoms with van der Waals surface area (Å²) >= 11 is 3.54. The number of rotatable bonds is 5. The van der Waals surface area contributed by atoms with Crippen molar-refractivity contribution in [3.63, 3.8) is 0 Å². The molecule has 0 amide bonds. The zero-order valence-electron chi connectivity index (χ0n) is 12.0. The first-order chi connectivity index (χ1) is 9.65. The van der Waals surface area contributed by atoms with Crippen LogP contribution in [-0.2, 0) is 0 Å². The van der Waals surface area contributed by atoms with Crippen molar-refractivity contribution in [2.24, 2.45) is 5.73 Å². The maximum absolute atomic E-state index is 6.05. The molecule has 0 aliphatic rings. The van der Waals surface area contributed by atoms with Gasteiger partial charge in [0.05, 0.1) is 6.04 Å². The minimum atomic E-state index is 0.194. The zero-order chi connectivity index (χ0) is 14.5. The highest BCUT2D eigenvalue weighted by Crippen LogP contribution is 2.28. The van der Waals surface area contributed by atoms with E-state index < -0.39 is 0 Å². The lowest BCUT2D eigenvalue weighted by molar-refractivity contribution is 0.643. The molecular formula is C17H21BrN2. The van der Waals surface area contributed by atoms with Gasteiger partial charge in [0.15, 0.2) is 0 Å². The van der Waals surface area contributed by atoms with Gasteiger partial charge in [-0.25, -0.2) is 0 Å². The Balaban J connectivity index is 2.37. The van der Waals surface area contributed by atoms with E-state index in [1.54, 1.807) is 0 Å². The van der Waals surface area contributed by atoms with Crippen LogP contribution in [0, 0.1) is 6.92 Å². The van der Waals surface area contributed by atoms with Crippen LogP contribution in [0.4, 0.5) is 5.69 Å². The van der Waals surface area contributed by atoms with Gasteiger partial charge in [0.2, 0.25) is 0 Å². The van der Waals surface area contributed by atoms with Gasteiger partial charge >= 0.3 is 0 Å². The van der Waals surface area contributed by atoms with Crippen molar-refractivity contribution in [1.82, 2.24) is 0 Å². The Kier molecular flexibility index (Phi) is 5.21. The van der Waals surface area contributed by atoms with E-state index in [0.717, 1.165) is 11.0 Å². The van der Waals surface area contributed by atoms with E-state index in [9.17, 15) is 0 Å². The molecule has 0 aliphatic heterocycles. The quantitative estimate of drug-likeness (QED) is 0.885. The highest BCUT2D eigenvalue weighted by atomic mass is 79.9. The third-order valence-corrected chi connectivity index (χ3v) is 4.00. The van der Waals surface area contributed by atoms with Crippen LogP contribution in [0.5, 0.6) is 0 Å². The van der Waals surface area contributed by atoms with Crippen molar-refractivity contribution in [3.8, 4) is 0 Å². The molecule has 0 bridgehead atoms. The lowest BCUT2D eigenvalue weighted by atomic mass is 10.0. The van der Waals surface area contributed by atoms with Crippen molar-refractivity contribution in [3.05, 3.63) is 64.1 Å². The number of hydrogen-bond donors (Lipinski definition) is 1. The van der Waals surface area contributed by atoms with Gasteiger partial charge < -0.3 is 10.6 Å². The van der Waals surface area contributed by atoms with Gasteiger partial charge in [-0.2, -0.15) is 0 Å². The van der Waals surface area contributed by atoms with Crippen molar-refractivity contribution >= 4 is 21.6 Å². The smallest absolute Gasteiger partial charge is 0.0665 e. The number of benzene rings is 2. The first-order valence-electron chi connectivity index (χ1n) is 6.94. The molecular weight excluding hydrogens is 312 g/mol. The van der Waals surface area contributed by atoms with Crippen LogP contribution in [0.3, 0.4) is 0 Å². The maximum Gasteiger partial charge on any atom is 0.0665 e. The number of nitrogens with two attached hydrogens (primary N) is 1. The maximum atomic E-state index is 6.05. The minimum absolute atomic E-state index is 0.194. The first-order valence-corrected chi connectivity index (χ1v) is 7.74. The van der Waals surface area contributed by atoms with E-state index in [1.807, 2.05) is 6.07 Å². The normalized spacial score (nSPS) is 12.2. The largest absolute Gasteiger partial charge is 0.363 e. The van der Waals surface area contributed by atoms with E-state index in [2.05, 4.69) is 77.1 Å². The standard InChI is InChI=1S/C17H21BrN2/c1-3-20(16-9-4-6-13(2)10-16)17(12-19)14-7-5-8-15(18)11-14/h4-11,17H,3,12,19H2,1-2H3. The number of hydrogen-bond acceptors (Lipinski definition) is 2. The van der Waals surface area contributed by atoms with E-state index in [1.165, 1.54) is 16.8 Å². The van der Waals surface area contributed by atoms with Crippen LogP contribution < -0.4 is 10.6 Å². The summed E-state index contributed by atoms with van der Waals surface area (Å²) in [7, 11) is 0. The second-order valence-corrected chi connectivity index (χ2v) is 5.85. The fraction of sp³-hybridized carbons (Fsp3) is 0.294. The Morgan fingerprint density at radius 3 is 2.50 bits per heavy atom. The summed E-state index contributed by atoms with van der Waals surface area (Å²) in [5, 5.41) is 0. The average molecular weight is 333 g/mol. The van der Waals surface area contributed by atoms with Crippen LogP contribution in [0.2, 0.25) is 0 Å². The summed E-state index contributed by atoms with van der Waals surface area (Å²) in [5.74, 6) is 0. The Bertz CT molecular complexity index is 517. The Morgan fingerprint density at radius 1 is 1.15 bits per heavy atom. The summed E-state index contributed by atoms with van der Waals surface area (Å²) < 4.78 is 1.09. The van der Waals surface area contributed by atoms with Crippen LogP contribution in [0.1, 0.15) is 24.1 Å². The Labute approximate surface area is 129 Å². The molecule has 3 heteroatoms. The summed E-state index contributed by atoms with van der Waals surface area (Å²) in [5.41, 5.74) is 9.79. The fourth-order valence-corrected chi connectivity index (χ4v) is 2.96. The second-order valence-electron chi connectivity index (χ2n) is 4.93. The van der Waals surface area contributed by atoms with Gasteiger partial charge in [-0.3, -0.25) is 0 Å². The molecule has 0 saturated carbocycles. The SMILES string of the molecule is CCN(c1cccc(C)c1)C(CN)c1cccc(Br)c1. The second kappa shape index (κ2) is 6.91. The van der Waals surface area contributed by atoms with Crippen molar-refractivity contribution in [1.29, 1.82) is 0 Å². The molecule has 106 valence electrons. The molecule has 0 spiro atoms. The molecule has 0 aromatic heterocycles. The molecule has 2 nitrogen and oxygen atoms in total. The molecule has 0 heterocycles. The lowest BCUT2D eigenvalue weighted by Crippen LogP contribution is -2.33. The molecule has 0 radical (unpaired) electrons. The highest BCUT2D eigenvalue weighted by molar-refractivity contribution is 9.10. The number of anilines is 1. The van der Waals surface area contributed by atoms with Crippen LogP contribution in [0.15, 0.2) is 53.0 Å². The van der Waals surface area contributed by atoms with Gasteiger partial charge in [0.1, 0.15) is 0 Å². The van der Waals surface area contributed by atoms with Crippen LogP contribution >= 0.6 is 15.9 Å². The average Bonchev–Trinajstić information content (AvgIpc) is 2.44. The van der Waals surface area contributed by atoms with Gasteiger partial charge in [-0.1, -0.05) is 40.2 Å². The monoisotopic (exact) mass is 332 g/mol. The summed E-state index contributed by atoms with van der Waals surface area (Å²) in [6, 6.07) is 17.2. The minimum Gasteiger partial charge on any atom is -0.363 e. The predicted molar refractivity (Wildman–Crippen MR) is 90.1 cm³/mol. The highest BCUT2D eigenvalue weighted by Gasteiger charge is 2.18. The topological polar surface area (TPSA) is 29.3 Å². The molecule has 1 atom stereocenters. The van der Waals surface area contributed by atoms with E-state index in [0.29, 0.717) is 6.54 Å². The van der Waals surface area contributed by atoms with Gasteiger partial charge in [0.25, 0.3) is 0 Å². The summed E-state index contributed by atoms with van der Waals surface area (Å²) in [6.07, 6.45) is 0. The lowest BCUT2D eigenvalue weighted by Gasteiger charge is -2.32. The van der Waals surface area contributed by atoms with Gasteiger partial charge in [0, 0.05) is 23.2 Å². The van der Waals surface area contributed by atoms with Crippen LogP contribution in [0.25, 0.3) is 0 Å². The fourth-order valence-electron chi connectivity index (χ4n) is 2.55. The summed E-state index contributed by atoms with van der Waals surface area (Å²) in [4.78, 5) is 2.36.